The minimum Gasteiger partial charge on any atom is -0.336 e. The van der Waals surface area contributed by atoms with Crippen LogP contribution in [0.5, 0.6) is 0 Å². The number of anilines is 2. The normalized spacial score (nSPS) is 17.1. The number of piperidine rings is 1. The van der Waals surface area contributed by atoms with Crippen molar-refractivity contribution in [2.75, 3.05) is 23.7 Å². The predicted molar refractivity (Wildman–Crippen MR) is 95.2 cm³/mol. The lowest BCUT2D eigenvalue weighted by Gasteiger charge is -2.22. The molecule has 2 rings (SSSR count). The maximum Gasteiger partial charge on any atom is 0.319 e. The zero-order valence-corrected chi connectivity index (χ0v) is 14.3. The van der Waals surface area contributed by atoms with E-state index in [0.717, 1.165) is 19.4 Å². The first-order chi connectivity index (χ1) is 10.6. The van der Waals surface area contributed by atoms with Crippen LogP contribution in [-0.2, 0) is 4.79 Å². The summed E-state index contributed by atoms with van der Waals surface area (Å²) in [6.07, 6.45) is 1.90. The van der Waals surface area contributed by atoms with E-state index in [2.05, 4.69) is 21.3 Å². The Morgan fingerprint density at radius 2 is 1.83 bits per heavy atom. The first-order valence-electron chi connectivity index (χ1n) is 7.74. The number of hydrogen-bond acceptors (Lipinski definition) is 3. The number of carbonyl (C=O) groups is 2. The van der Waals surface area contributed by atoms with Gasteiger partial charge in [0.25, 0.3) is 0 Å². The zero-order valence-electron chi connectivity index (χ0n) is 13.5. The van der Waals surface area contributed by atoms with Crippen LogP contribution < -0.4 is 21.3 Å². The quantitative estimate of drug-likeness (QED) is 0.680. The second kappa shape index (κ2) is 9.37. The summed E-state index contributed by atoms with van der Waals surface area (Å²) in [4.78, 5) is 24.1. The highest BCUT2D eigenvalue weighted by molar-refractivity contribution is 5.99. The largest absolute Gasteiger partial charge is 0.336 e. The molecule has 0 bridgehead atoms. The second-order valence-electron chi connectivity index (χ2n) is 5.83. The topological polar surface area (TPSA) is 82.3 Å². The van der Waals surface area contributed by atoms with Crippen LogP contribution in [0.4, 0.5) is 16.2 Å². The lowest BCUT2D eigenvalue weighted by atomic mass is 9.99. The van der Waals surface area contributed by atoms with Crippen molar-refractivity contribution < 1.29 is 9.59 Å². The summed E-state index contributed by atoms with van der Waals surface area (Å²) in [5, 5.41) is 11.7. The first kappa shape index (κ1) is 19.3. The van der Waals surface area contributed by atoms with Gasteiger partial charge in [-0.2, -0.15) is 0 Å². The van der Waals surface area contributed by atoms with E-state index in [-0.39, 0.29) is 36.3 Å². The van der Waals surface area contributed by atoms with E-state index in [4.69, 9.17) is 0 Å². The second-order valence-corrected chi connectivity index (χ2v) is 5.83. The number of rotatable bonds is 4. The molecule has 1 aliphatic rings. The fourth-order valence-electron chi connectivity index (χ4n) is 2.43. The van der Waals surface area contributed by atoms with Gasteiger partial charge in [0.2, 0.25) is 5.91 Å². The van der Waals surface area contributed by atoms with Gasteiger partial charge in [-0.05, 0) is 45.4 Å². The molecule has 128 valence electrons. The summed E-state index contributed by atoms with van der Waals surface area (Å²) in [6, 6.07) is 6.99. The van der Waals surface area contributed by atoms with E-state index >= 15 is 0 Å². The van der Waals surface area contributed by atoms with Gasteiger partial charge < -0.3 is 21.3 Å². The molecule has 0 radical (unpaired) electrons. The van der Waals surface area contributed by atoms with Gasteiger partial charge in [-0.3, -0.25) is 4.79 Å². The van der Waals surface area contributed by atoms with E-state index in [1.165, 1.54) is 0 Å². The van der Waals surface area contributed by atoms with Gasteiger partial charge >= 0.3 is 6.03 Å². The Kier molecular flexibility index (Phi) is 7.85. The van der Waals surface area contributed by atoms with E-state index in [0.29, 0.717) is 17.9 Å². The summed E-state index contributed by atoms with van der Waals surface area (Å²) < 4.78 is 0. The molecule has 6 nitrogen and oxygen atoms in total. The Morgan fingerprint density at radius 3 is 2.39 bits per heavy atom. The third kappa shape index (κ3) is 6.08. The zero-order chi connectivity index (χ0) is 15.9. The lowest BCUT2D eigenvalue weighted by molar-refractivity contribution is -0.120. The van der Waals surface area contributed by atoms with Crippen molar-refractivity contribution in [3.05, 3.63) is 24.3 Å². The molecule has 0 aromatic heterocycles. The maximum atomic E-state index is 12.3. The molecule has 0 aliphatic carbocycles. The van der Waals surface area contributed by atoms with E-state index < -0.39 is 0 Å². The Hall–Kier alpha value is -1.79. The van der Waals surface area contributed by atoms with E-state index in [9.17, 15) is 9.59 Å². The van der Waals surface area contributed by atoms with Gasteiger partial charge in [0.15, 0.2) is 0 Å². The average Bonchev–Trinajstić information content (AvgIpc) is 2.49. The summed E-state index contributed by atoms with van der Waals surface area (Å²) in [5.74, 6) is -0.0305. The van der Waals surface area contributed by atoms with Crippen LogP contribution >= 0.6 is 12.4 Å². The van der Waals surface area contributed by atoms with Crippen LogP contribution in [0.2, 0.25) is 0 Å². The molecular weight excluding hydrogens is 316 g/mol. The number of urea groups is 1. The number of benzene rings is 1. The summed E-state index contributed by atoms with van der Waals surface area (Å²) in [7, 11) is 0. The molecule has 3 amide bonds. The Morgan fingerprint density at radius 1 is 1.17 bits per heavy atom. The van der Waals surface area contributed by atoms with Gasteiger partial charge in [-0.15, -0.1) is 12.4 Å². The highest BCUT2D eigenvalue weighted by atomic mass is 35.5. The number of carbonyl (C=O) groups excluding carboxylic acids is 2. The molecule has 0 spiro atoms. The average molecular weight is 341 g/mol. The highest BCUT2D eigenvalue weighted by Gasteiger charge is 2.21. The van der Waals surface area contributed by atoms with Crippen molar-refractivity contribution in [3.8, 4) is 0 Å². The molecule has 1 unspecified atom stereocenters. The van der Waals surface area contributed by atoms with Crippen molar-refractivity contribution in [1.82, 2.24) is 10.6 Å². The number of hydrogen-bond donors (Lipinski definition) is 4. The van der Waals surface area contributed by atoms with Gasteiger partial charge in [0.05, 0.1) is 17.3 Å². The van der Waals surface area contributed by atoms with Crippen molar-refractivity contribution in [2.24, 2.45) is 5.92 Å². The van der Waals surface area contributed by atoms with Crippen molar-refractivity contribution in [3.63, 3.8) is 0 Å². The summed E-state index contributed by atoms with van der Waals surface area (Å²) in [6.45, 7) is 5.46. The molecule has 0 saturated carbocycles. The van der Waals surface area contributed by atoms with Gasteiger partial charge in [-0.25, -0.2) is 4.79 Å². The van der Waals surface area contributed by atoms with Crippen molar-refractivity contribution in [2.45, 2.75) is 32.7 Å². The monoisotopic (exact) mass is 340 g/mol. The minimum absolute atomic E-state index is 0. The highest BCUT2D eigenvalue weighted by Crippen LogP contribution is 2.22. The van der Waals surface area contributed by atoms with Crippen LogP contribution in [0.1, 0.15) is 26.7 Å². The van der Waals surface area contributed by atoms with Crippen LogP contribution in [0.3, 0.4) is 0 Å². The van der Waals surface area contributed by atoms with Gasteiger partial charge in [0.1, 0.15) is 0 Å². The van der Waals surface area contributed by atoms with Crippen LogP contribution in [0.15, 0.2) is 24.3 Å². The Balaban J connectivity index is 0.00000264. The molecular formula is C16H25ClN4O2. The van der Waals surface area contributed by atoms with E-state index in [1.807, 2.05) is 26.0 Å². The molecule has 1 saturated heterocycles. The number of halogens is 1. The fourth-order valence-corrected chi connectivity index (χ4v) is 2.43. The SMILES string of the molecule is CC(C)NC(=O)Nc1ccccc1NC(=O)C1CCCNC1.Cl. The predicted octanol–water partition coefficient (Wildman–Crippen LogP) is 2.58. The maximum absolute atomic E-state index is 12.3. The standard InChI is InChI=1S/C16H24N4O2.ClH/c1-11(2)18-16(22)20-14-8-4-3-7-13(14)19-15(21)12-6-5-9-17-10-12;/h3-4,7-8,11-12,17H,5-6,9-10H2,1-2H3,(H,19,21)(H2,18,20,22);1H. The number of para-hydroxylation sites is 2. The molecule has 1 aromatic carbocycles. The molecule has 1 aliphatic heterocycles. The van der Waals surface area contributed by atoms with Crippen LogP contribution in [-0.4, -0.2) is 31.1 Å². The smallest absolute Gasteiger partial charge is 0.319 e. The third-order valence-electron chi connectivity index (χ3n) is 3.52. The fraction of sp³-hybridized carbons (Fsp3) is 0.500. The molecule has 4 N–H and O–H groups in total. The summed E-state index contributed by atoms with van der Waals surface area (Å²) >= 11 is 0. The molecule has 1 heterocycles. The lowest BCUT2D eigenvalue weighted by Crippen LogP contribution is -2.37. The van der Waals surface area contributed by atoms with Crippen molar-refractivity contribution >= 4 is 35.7 Å². The number of nitrogens with one attached hydrogen (secondary N) is 4. The van der Waals surface area contributed by atoms with E-state index in [1.54, 1.807) is 12.1 Å². The third-order valence-corrected chi connectivity index (χ3v) is 3.52. The molecule has 23 heavy (non-hydrogen) atoms. The molecule has 7 heteroatoms. The van der Waals surface area contributed by atoms with Gasteiger partial charge in [-0.1, -0.05) is 12.1 Å². The number of amides is 3. The molecule has 1 aromatic rings. The summed E-state index contributed by atoms with van der Waals surface area (Å²) in [5.41, 5.74) is 1.22. The Bertz CT molecular complexity index is 531. The van der Waals surface area contributed by atoms with Crippen molar-refractivity contribution in [1.29, 1.82) is 0 Å². The molecule has 1 atom stereocenters. The molecule has 1 fully saturated rings. The Labute approximate surface area is 143 Å². The first-order valence-corrected chi connectivity index (χ1v) is 7.74. The van der Waals surface area contributed by atoms with Gasteiger partial charge in [0, 0.05) is 12.6 Å². The van der Waals surface area contributed by atoms with Crippen LogP contribution in [0.25, 0.3) is 0 Å². The minimum atomic E-state index is -0.281. The van der Waals surface area contributed by atoms with Crippen LogP contribution in [0, 0.1) is 5.92 Å².